The number of methoxy groups -OCH3 is 1. The van der Waals surface area contributed by atoms with E-state index >= 15 is 0 Å². The molecule has 1 aliphatic rings. The van der Waals surface area contributed by atoms with E-state index in [0.717, 1.165) is 17.6 Å². The topological polar surface area (TPSA) is 21.3 Å². The minimum Gasteiger partial charge on any atom is -0.497 e. The SMILES string of the molecule is COc1ccc(N[C@@H]2CCC[C@H](CC(C)C)C2)cc1. The first kappa shape index (κ1) is 14.2. The average Bonchev–Trinajstić information content (AvgIpc) is 2.39. The molecule has 1 aliphatic carbocycles. The predicted octanol–water partition coefficient (Wildman–Crippen LogP) is 4.71. The molecule has 19 heavy (non-hydrogen) atoms. The van der Waals surface area contributed by atoms with Crippen LogP contribution in [-0.2, 0) is 0 Å². The maximum absolute atomic E-state index is 5.19. The van der Waals surface area contributed by atoms with Crippen LogP contribution in [0.3, 0.4) is 0 Å². The lowest BCUT2D eigenvalue weighted by Crippen LogP contribution is -2.27. The molecule has 0 spiro atoms. The zero-order valence-corrected chi connectivity index (χ0v) is 12.5. The van der Waals surface area contributed by atoms with Gasteiger partial charge in [-0.1, -0.05) is 26.7 Å². The molecule has 1 fully saturated rings. The highest BCUT2D eigenvalue weighted by atomic mass is 16.5. The first-order chi connectivity index (χ1) is 9.17. The van der Waals surface area contributed by atoms with Crippen LogP contribution in [0, 0.1) is 11.8 Å². The standard InChI is InChI=1S/C17H27NO/c1-13(2)11-14-5-4-6-16(12-14)18-15-7-9-17(19-3)10-8-15/h7-10,13-14,16,18H,4-6,11-12H2,1-3H3/t14-,16-/m1/s1. The normalized spacial score (nSPS) is 23.4. The molecule has 2 atom stereocenters. The molecule has 2 rings (SSSR count). The summed E-state index contributed by atoms with van der Waals surface area (Å²) in [5, 5.41) is 3.68. The molecule has 0 amide bonds. The first-order valence-corrected chi connectivity index (χ1v) is 7.58. The van der Waals surface area contributed by atoms with E-state index in [9.17, 15) is 0 Å². The molecule has 0 radical (unpaired) electrons. The Labute approximate surface area is 117 Å². The minimum atomic E-state index is 0.644. The summed E-state index contributed by atoms with van der Waals surface area (Å²) in [5.74, 6) is 2.65. The van der Waals surface area contributed by atoms with E-state index in [2.05, 4.69) is 31.3 Å². The van der Waals surface area contributed by atoms with E-state index in [0.29, 0.717) is 6.04 Å². The molecule has 0 aromatic heterocycles. The molecule has 0 unspecified atom stereocenters. The Hall–Kier alpha value is -1.18. The summed E-state index contributed by atoms with van der Waals surface area (Å²) in [6.45, 7) is 4.67. The van der Waals surface area contributed by atoms with Crippen molar-refractivity contribution in [1.29, 1.82) is 0 Å². The van der Waals surface area contributed by atoms with Crippen LogP contribution in [0.2, 0.25) is 0 Å². The number of benzene rings is 1. The predicted molar refractivity (Wildman–Crippen MR) is 81.8 cm³/mol. The minimum absolute atomic E-state index is 0.644. The molecule has 2 heteroatoms. The van der Waals surface area contributed by atoms with Crippen LogP contribution in [0.25, 0.3) is 0 Å². The number of rotatable bonds is 5. The summed E-state index contributed by atoms with van der Waals surface area (Å²) >= 11 is 0. The fourth-order valence-corrected chi connectivity index (χ4v) is 3.23. The lowest BCUT2D eigenvalue weighted by molar-refractivity contribution is 0.289. The molecule has 0 heterocycles. The zero-order valence-electron chi connectivity index (χ0n) is 12.5. The fraction of sp³-hybridized carbons (Fsp3) is 0.647. The summed E-state index contributed by atoms with van der Waals surface area (Å²) < 4.78 is 5.19. The molecule has 106 valence electrons. The van der Waals surface area contributed by atoms with Gasteiger partial charge in [0.05, 0.1) is 7.11 Å². The average molecular weight is 261 g/mol. The van der Waals surface area contributed by atoms with Crippen molar-refractivity contribution in [2.75, 3.05) is 12.4 Å². The summed E-state index contributed by atoms with van der Waals surface area (Å²) in [6.07, 6.45) is 6.79. The molecular formula is C17H27NO. The Morgan fingerprint density at radius 2 is 1.95 bits per heavy atom. The number of hydrogen-bond donors (Lipinski definition) is 1. The largest absolute Gasteiger partial charge is 0.497 e. The van der Waals surface area contributed by atoms with E-state index in [-0.39, 0.29) is 0 Å². The van der Waals surface area contributed by atoms with Gasteiger partial charge in [-0.25, -0.2) is 0 Å². The third-order valence-corrected chi connectivity index (χ3v) is 4.05. The monoisotopic (exact) mass is 261 g/mol. The third kappa shape index (κ3) is 4.45. The van der Waals surface area contributed by atoms with Crippen molar-refractivity contribution >= 4 is 5.69 Å². The van der Waals surface area contributed by atoms with Crippen molar-refractivity contribution in [3.63, 3.8) is 0 Å². The second-order valence-corrected chi connectivity index (χ2v) is 6.23. The molecule has 0 aliphatic heterocycles. The Balaban J connectivity index is 1.87. The summed E-state index contributed by atoms with van der Waals surface area (Å²) in [7, 11) is 1.71. The van der Waals surface area contributed by atoms with E-state index in [1.165, 1.54) is 37.8 Å². The quantitative estimate of drug-likeness (QED) is 0.828. The molecule has 0 bridgehead atoms. The highest BCUT2D eigenvalue weighted by Gasteiger charge is 2.22. The number of hydrogen-bond acceptors (Lipinski definition) is 2. The fourth-order valence-electron chi connectivity index (χ4n) is 3.23. The number of ether oxygens (including phenoxy) is 1. The molecule has 1 aromatic carbocycles. The highest BCUT2D eigenvalue weighted by molar-refractivity contribution is 5.47. The van der Waals surface area contributed by atoms with Gasteiger partial charge in [0.1, 0.15) is 5.75 Å². The molecule has 1 N–H and O–H groups in total. The van der Waals surface area contributed by atoms with Gasteiger partial charge < -0.3 is 10.1 Å². The number of anilines is 1. The summed E-state index contributed by atoms with van der Waals surface area (Å²) in [6, 6.07) is 8.93. The van der Waals surface area contributed by atoms with Gasteiger partial charge in [-0.3, -0.25) is 0 Å². The number of nitrogens with one attached hydrogen (secondary N) is 1. The Morgan fingerprint density at radius 1 is 1.21 bits per heavy atom. The molecule has 2 nitrogen and oxygen atoms in total. The van der Waals surface area contributed by atoms with Crippen LogP contribution in [0.1, 0.15) is 46.0 Å². The Morgan fingerprint density at radius 3 is 2.58 bits per heavy atom. The van der Waals surface area contributed by atoms with Crippen LogP contribution in [0.4, 0.5) is 5.69 Å². The smallest absolute Gasteiger partial charge is 0.119 e. The first-order valence-electron chi connectivity index (χ1n) is 7.58. The summed E-state index contributed by atoms with van der Waals surface area (Å²) in [4.78, 5) is 0. The molecular weight excluding hydrogens is 234 g/mol. The van der Waals surface area contributed by atoms with Crippen molar-refractivity contribution < 1.29 is 4.74 Å². The van der Waals surface area contributed by atoms with Crippen molar-refractivity contribution in [1.82, 2.24) is 0 Å². The van der Waals surface area contributed by atoms with Crippen LogP contribution < -0.4 is 10.1 Å². The van der Waals surface area contributed by atoms with E-state index in [4.69, 9.17) is 4.74 Å². The van der Waals surface area contributed by atoms with Crippen molar-refractivity contribution in [3.05, 3.63) is 24.3 Å². The van der Waals surface area contributed by atoms with Gasteiger partial charge in [-0.05, 0) is 55.4 Å². The molecule has 0 saturated heterocycles. The maximum atomic E-state index is 5.19. The van der Waals surface area contributed by atoms with Gasteiger partial charge in [0.2, 0.25) is 0 Å². The maximum Gasteiger partial charge on any atom is 0.119 e. The second-order valence-electron chi connectivity index (χ2n) is 6.23. The second kappa shape index (κ2) is 6.83. The zero-order chi connectivity index (χ0) is 13.7. The van der Waals surface area contributed by atoms with Crippen LogP contribution >= 0.6 is 0 Å². The van der Waals surface area contributed by atoms with Crippen LogP contribution in [0.15, 0.2) is 24.3 Å². The van der Waals surface area contributed by atoms with Crippen molar-refractivity contribution in [2.24, 2.45) is 11.8 Å². The van der Waals surface area contributed by atoms with Gasteiger partial charge in [-0.2, -0.15) is 0 Å². The van der Waals surface area contributed by atoms with Gasteiger partial charge in [0.25, 0.3) is 0 Å². The molecule has 1 saturated carbocycles. The van der Waals surface area contributed by atoms with Crippen molar-refractivity contribution in [2.45, 2.75) is 52.0 Å². The summed E-state index contributed by atoms with van der Waals surface area (Å²) in [5.41, 5.74) is 1.22. The van der Waals surface area contributed by atoms with E-state index in [1.807, 2.05) is 12.1 Å². The van der Waals surface area contributed by atoms with Gasteiger partial charge >= 0.3 is 0 Å². The Bertz CT molecular complexity index is 371. The van der Waals surface area contributed by atoms with Crippen molar-refractivity contribution in [3.8, 4) is 5.75 Å². The van der Waals surface area contributed by atoms with Gasteiger partial charge in [-0.15, -0.1) is 0 Å². The van der Waals surface area contributed by atoms with Gasteiger partial charge in [0.15, 0.2) is 0 Å². The van der Waals surface area contributed by atoms with Gasteiger partial charge in [0, 0.05) is 11.7 Å². The van der Waals surface area contributed by atoms with Crippen LogP contribution in [0.5, 0.6) is 5.75 Å². The lowest BCUT2D eigenvalue weighted by atomic mass is 9.81. The molecule has 1 aromatic rings. The highest BCUT2D eigenvalue weighted by Crippen LogP contribution is 2.31. The van der Waals surface area contributed by atoms with E-state index in [1.54, 1.807) is 7.11 Å². The van der Waals surface area contributed by atoms with Crippen LogP contribution in [-0.4, -0.2) is 13.2 Å². The Kier molecular flexibility index (Phi) is 5.12. The third-order valence-electron chi connectivity index (χ3n) is 4.05. The van der Waals surface area contributed by atoms with E-state index < -0.39 is 0 Å². The lowest BCUT2D eigenvalue weighted by Gasteiger charge is -2.31.